The molecule has 2 N–H and O–H groups in total. The minimum Gasteiger partial charge on any atom is -0.482 e. The highest BCUT2D eigenvalue weighted by atomic mass is 32.2. The number of carbonyl (C=O) groups excluding carboxylic acids is 2. The van der Waals surface area contributed by atoms with Gasteiger partial charge >= 0.3 is 0 Å². The quantitative estimate of drug-likeness (QED) is 0.764. The van der Waals surface area contributed by atoms with Gasteiger partial charge in [0, 0.05) is 13.0 Å². The predicted molar refractivity (Wildman–Crippen MR) is 100 cm³/mol. The molecule has 0 spiro atoms. The van der Waals surface area contributed by atoms with Gasteiger partial charge in [0.15, 0.2) is 16.4 Å². The van der Waals surface area contributed by atoms with Gasteiger partial charge in [-0.1, -0.05) is 12.1 Å². The number of halogens is 1. The van der Waals surface area contributed by atoms with Gasteiger partial charge < -0.3 is 15.4 Å². The van der Waals surface area contributed by atoms with E-state index < -0.39 is 21.0 Å². The van der Waals surface area contributed by atoms with Crippen molar-refractivity contribution in [2.24, 2.45) is 0 Å². The van der Waals surface area contributed by atoms with Crippen molar-refractivity contribution in [3.63, 3.8) is 0 Å². The summed E-state index contributed by atoms with van der Waals surface area (Å²) in [6.45, 7) is 1.50. The molecule has 1 atom stereocenters. The van der Waals surface area contributed by atoms with Crippen molar-refractivity contribution >= 4 is 27.3 Å². The van der Waals surface area contributed by atoms with Crippen LogP contribution in [0, 0.1) is 5.82 Å². The molecule has 0 saturated heterocycles. The van der Waals surface area contributed by atoms with Gasteiger partial charge in [0.2, 0.25) is 5.91 Å². The lowest BCUT2D eigenvalue weighted by molar-refractivity contribution is -0.121. The summed E-state index contributed by atoms with van der Waals surface area (Å²) in [6, 6.07) is 9.84. The molecule has 7 nitrogen and oxygen atoms in total. The second-order valence-electron chi connectivity index (χ2n) is 6.46. The lowest BCUT2D eigenvalue weighted by Gasteiger charge is -2.19. The average molecular weight is 406 g/mol. The molecule has 2 aromatic carbocycles. The highest BCUT2D eigenvalue weighted by Gasteiger charge is 2.27. The molecule has 0 saturated carbocycles. The van der Waals surface area contributed by atoms with E-state index in [-0.39, 0.29) is 41.9 Å². The topological polar surface area (TPSA) is 102 Å². The molecular weight excluding hydrogens is 387 g/mol. The van der Waals surface area contributed by atoms with E-state index >= 15 is 0 Å². The summed E-state index contributed by atoms with van der Waals surface area (Å²) < 4.78 is 43.7. The molecular formula is C19H19FN2O5S. The molecule has 9 heteroatoms. The Morgan fingerprint density at radius 1 is 1.25 bits per heavy atom. The van der Waals surface area contributed by atoms with Gasteiger partial charge in [-0.2, -0.15) is 0 Å². The van der Waals surface area contributed by atoms with Crippen LogP contribution in [0.1, 0.15) is 18.9 Å². The number of rotatable bonds is 6. The van der Waals surface area contributed by atoms with Gasteiger partial charge in [-0.05, 0) is 42.8 Å². The van der Waals surface area contributed by atoms with Crippen molar-refractivity contribution in [3.8, 4) is 5.75 Å². The van der Waals surface area contributed by atoms with E-state index in [1.54, 1.807) is 12.1 Å². The zero-order valence-corrected chi connectivity index (χ0v) is 15.9. The summed E-state index contributed by atoms with van der Waals surface area (Å²) >= 11 is 0. The summed E-state index contributed by atoms with van der Waals surface area (Å²) in [5, 5.41) is 4.21. The smallest absolute Gasteiger partial charge is 0.262 e. The zero-order chi connectivity index (χ0) is 20.3. The Kier molecular flexibility index (Phi) is 5.64. The van der Waals surface area contributed by atoms with Gasteiger partial charge in [0.1, 0.15) is 11.6 Å². The van der Waals surface area contributed by atoms with Crippen molar-refractivity contribution < 1.29 is 27.1 Å². The molecule has 0 bridgehead atoms. The third kappa shape index (κ3) is 4.48. The summed E-state index contributed by atoms with van der Waals surface area (Å²) in [6.07, 6.45) is -0.233. The first-order chi connectivity index (χ1) is 13.3. The fourth-order valence-electron chi connectivity index (χ4n) is 2.72. The third-order valence-electron chi connectivity index (χ3n) is 4.32. The molecule has 2 amide bonds. The van der Waals surface area contributed by atoms with Gasteiger partial charge in [0.05, 0.1) is 15.8 Å². The Morgan fingerprint density at radius 3 is 2.68 bits per heavy atom. The van der Waals surface area contributed by atoms with Gasteiger partial charge in [-0.15, -0.1) is 0 Å². The molecule has 1 heterocycles. The second-order valence-corrected chi connectivity index (χ2v) is 8.82. The molecule has 148 valence electrons. The van der Waals surface area contributed by atoms with E-state index in [0.717, 1.165) is 0 Å². The first-order valence-corrected chi connectivity index (χ1v) is 10.1. The number of sulfone groups is 1. The summed E-state index contributed by atoms with van der Waals surface area (Å²) in [5.41, 5.74) is 0.987. The Balaban J connectivity index is 1.64. The Labute approximate surface area is 161 Å². The van der Waals surface area contributed by atoms with E-state index in [2.05, 4.69) is 10.6 Å². The van der Waals surface area contributed by atoms with E-state index in [1.165, 1.54) is 37.3 Å². The highest BCUT2D eigenvalue weighted by molar-refractivity contribution is 7.92. The number of ether oxygens (including phenoxy) is 1. The predicted octanol–water partition coefficient (Wildman–Crippen LogP) is 2.03. The monoisotopic (exact) mass is 406 g/mol. The summed E-state index contributed by atoms with van der Waals surface area (Å²) in [5.74, 6) is -0.782. The van der Waals surface area contributed by atoms with Crippen molar-refractivity contribution in [2.45, 2.75) is 30.0 Å². The lowest BCUT2D eigenvalue weighted by atomic mass is 10.2. The van der Waals surface area contributed by atoms with Crippen LogP contribution < -0.4 is 15.4 Å². The number of benzene rings is 2. The molecule has 0 radical (unpaired) electrons. The van der Waals surface area contributed by atoms with Crippen molar-refractivity contribution in [3.05, 3.63) is 53.8 Å². The van der Waals surface area contributed by atoms with Gasteiger partial charge in [-0.25, -0.2) is 12.8 Å². The van der Waals surface area contributed by atoms with Gasteiger partial charge in [0.25, 0.3) is 5.91 Å². The van der Waals surface area contributed by atoms with E-state index in [4.69, 9.17) is 4.74 Å². The molecule has 28 heavy (non-hydrogen) atoms. The lowest BCUT2D eigenvalue weighted by Crippen LogP contribution is -2.30. The fourth-order valence-corrected chi connectivity index (χ4v) is 4.09. The molecule has 1 aliphatic rings. The average Bonchev–Trinajstić information content (AvgIpc) is 2.66. The number of amides is 2. The molecule has 3 rings (SSSR count). The second kappa shape index (κ2) is 7.97. The molecule has 0 fully saturated rings. The maximum atomic E-state index is 12.9. The van der Waals surface area contributed by atoms with E-state index in [9.17, 15) is 22.4 Å². The Hall–Kier alpha value is -2.94. The fraction of sp³-hybridized carbons (Fsp3) is 0.263. The SMILES string of the molecule is CC(CC(=O)NCc1ccc(F)cc1)S(=O)(=O)c1ccc2c(c1)NC(=O)CO2. The molecule has 1 unspecified atom stereocenters. The minimum atomic E-state index is -3.79. The third-order valence-corrected chi connectivity index (χ3v) is 6.46. The minimum absolute atomic E-state index is 0.00381. The van der Waals surface area contributed by atoms with Crippen molar-refractivity contribution in [2.75, 3.05) is 11.9 Å². The van der Waals surface area contributed by atoms with Crippen molar-refractivity contribution in [1.29, 1.82) is 0 Å². The van der Waals surface area contributed by atoms with Crippen LogP contribution in [-0.4, -0.2) is 32.1 Å². The van der Waals surface area contributed by atoms with Crippen LogP contribution in [0.5, 0.6) is 5.75 Å². The normalized spacial score (nSPS) is 14.4. The van der Waals surface area contributed by atoms with E-state index in [0.29, 0.717) is 11.3 Å². The standard InChI is InChI=1S/C19H19FN2O5S/c1-12(8-18(23)21-10-13-2-4-14(20)5-3-13)28(25,26)15-6-7-17-16(9-15)22-19(24)11-27-17/h2-7,9,12H,8,10-11H2,1H3,(H,21,23)(H,22,24). The maximum Gasteiger partial charge on any atom is 0.262 e. The summed E-state index contributed by atoms with van der Waals surface area (Å²) in [7, 11) is -3.79. The molecule has 0 aromatic heterocycles. The van der Waals surface area contributed by atoms with Crippen LogP contribution in [0.3, 0.4) is 0 Å². The van der Waals surface area contributed by atoms with Gasteiger partial charge in [-0.3, -0.25) is 9.59 Å². The van der Waals surface area contributed by atoms with Crippen LogP contribution in [0.15, 0.2) is 47.4 Å². The molecule has 2 aromatic rings. The van der Waals surface area contributed by atoms with E-state index in [1.807, 2.05) is 0 Å². The first kappa shape index (κ1) is 19.8. The number of fused-ring (bicyclic) bond motifs is 1. The number of anilines is 1. The van der Waals surface area contributed by atoms with Crippen LogP contribution >= 0.6 is 0 Å². The van der Waals surface area contributed by atoms with Crippen LogP contribution in [0.2, 0.25) is 0 Å². The van der Waals surface area contributed by atoms with Crippen molar-refractivity contribution in [1.82, 2.24) is 5.32 Å². The van der Waals surface area contributed by atoms with Crippen LogP contribution in [0.25, 0.3) is 0 Å². The maximum absolute atomic E-state index is 12.9. The highest BCUT2D eigenvalue weighted by Crippen LogP contribution is 2.31. The Morgan fingerprint density at radius 2 is 1.96 bits per heavy atom. The zero-order valence-electron chi connectivity index (χ0n) is 15.1. The Bertz CT molecular complexity index is 1010. The van der Waals surface area contributed by atoms with Crippen LogP contribution in [0.4, 0.5) is 10.1 Å². The number of hydrogen-bond acceptors (Lipinski definition) is 5. The van der Waals surface area contributed by atoms with Crippen LogP contribution in [-0.2, 0) is 26.0 Å². The number of nitrogens with one attached hydrogen (secondary N) is 2. The largest absolute Gasteiger partial charge is 0.482 e. The number of carbonyl (C=O) groups is 2. The molecule has 1 aliphatic heterocycles. The molecule has 0 aliphatic carbocycles. The summed E-state index contributed by atoms with van der Waals surface area (Å²) in [4.78, 5) is 23.5. The number of hydrogen-bond donors (Lipinski definition) is 2. The first-order valence-electron chi connectivity index (χ1n) is 8.57.